The Hall–Kier alpha value is -0.350. The van der Waals surface area contributed by atoms with Crippen LogP contribution in [-0.2, 0) is 0 Å². The van der Waals surface area contributed by atoms with Crippen molar-refractivity contribution >= 4 is 24.8 Å². The smallest absolute Gasteiger partial charge is 0.128 e. The highest BCUT2D eigenvalue weighted by atomic mass is 35.5. The van der Waals surface area contributed by atoms with E-state index >= 15 is 0 Å². The number of nitrogens with zero attached hydrogens (tertiary/aromatic N) is 1. The molecule has 2 nitrogen and oxygen atoms in total. The quantitative estimate of drug-likeness (QED) is 0.878. The van der Waals surface area contributed by atoms with E-state index in [0.717, 1.165) is 37.3 Å². The first-order chi connectivity index (χ1) is 8.89. The topological polar surface area (TPSA) is 15.3 Å². The molecule has 0 radical (unpaired) electrons. The zero-order valence-electron chi connectivity index (χ0n) is 13.3. The Morgan fingerprint density at radius 2 is 1.71 bits per heavy atom. The van der Waals surface area contributed by atoms with Crippen LogP contribution in [0.25, 0.3) is 0 Å². The Bertz CT molecular complexity index is 440. The molecule has 0 spiro atoms. The maximum absolute atomic E-state index is 14.3. The summed E-state index contributed by atoms with van der Waals surface area (Å²) in [6, 6.07) is 5.59. The fourth-order valence-electron chi connectivity index (χ4n) is 3.02. The molecule has 1 fully saturated rings. The van der Waals surface area contributed by atoms with Gasteiger partial charge in [-0.1, -0.05) is 38.5 Å². The number of halogens is 3. The summed E-state index contributed by atoms with van der Waals surface area (Å²) in [5, 5.41) is 3.36. The molecular formula is C16H27Cl2FN2. The predicted molar refractivity (Wildman–Crippen MR) is 92.3 cm³/mol. The lowest BCUT2D eigenvalue weighted by Gasteiger charge is -2.42. The highest BCUT2D eigenvalue weighted by Gasteiger charge is 2.34. The lowest BCUT2D eigenvalue weighted by atomic mass is 9.80. The molecule has 21 heavy (non-hydrogen) atoms. The molecule has 122 valence electrons. The summed E-state index contributed by atoms with van der Waals surface area (Å²) in [5.74, 6) is -0.0796. The fourth-order valence-corrected chi connectivity index (χ4v) is 3.02. The average Bonchev–Trinajstić information content (AvgIpc) is 2.33. The van der Waals surface area contributed by atoms with Crippen molar-refractivity contribution in [3.8, 4) is 0 Å². The minimum Gasteiger partial charge on any atom is -0.314 e. The van der Waals surface area contributed by atoms with Crippen LogP contribution in [0.1, 0.15) is 37.9 Å². The molecule has 2 rings (SSSR count). The Balaban J connectivity index is 0.00000200. The second-order valence-electron chi connectivity index (χ2n) is 6.58. The summed E-state index contributed by atoms with van der Waals surface area (Å²) in [7, 11) is 0. The van der Waals surface area contributed by atoms with Crippen molar-refractivity contribution in [2.75, 3.05) is 26.2 Å². The average molecular weight is 337 g/mol. The van der Waals surface area contributed by atoms with Crippen molar-refractivity contribution < 1.29 is 4.39 Å². The first-order valence-corrected chi connectivity index (χ1v) is 7.10. The monoisotopic (exact) mass is 336 g/mol. The van der Waals surface area contributed by atoms with Crippen LogP contribution >= 0.6 is 24.8 Å². The molecule has 0 aromatic heterocycles. The summed E-state index contributed by atoms with van der Waals surface area (Å²) >= 11 is 0. The van der Waals surface area contributed by atoms with Gasteiger partial charge in [0.25, 0.3) is 0 Å². The number of hydrogen-bond acceptors (Lipinski definition) is 2. The zero-order valence-corrected chi connectivity index (χ0v) is 14.9. The van der Waals surface area contributed by atoms with E-state index in [4.69, 9.17) is 0 Å². The summed E-state index contributed by atoms with van der Waals surface area (Å²) in [6.07, 6.45) is 0. The molecule has 1 aromatic carbocycles. The molecular weight excluding hydrogens is 310 g/mol. The van der Waals surface area contributed by atoms with Crippen LogP contribution in [0.2, 0.25) is 0 Å². The molecule has 0 aliphatic carbocycles. The minimum absolute atomic E-state index is 0. The first-order valence-electron chi connectivity index (χ1n) is 7.10. The number of nitrogens with one attached hydrogen (secondary N) is 1. The van der Waals surface area contributed by atoms with E-state index in [1.54, 1.807) is 6.07 Å². The van der Waals surface area contributed by atoms with Gasteiger partial charge in [0.05, 0.1) is 0 Å². The third-order valence-corrected chi connectivity index (χ3v) is 3.78. The van der Waals surface area contributed by atoms with Gasteiger partial charge in [0, 0.05) is 37.8 Å². The zero-order chi connectivity index (χ0) is 14.0. The molecule has 1 aromatic rings. The summed E-state index contributed by atoms with van der Waals surface area (Å²) < 4.78 is 14.3. The SMILES string of the molecule is Cc1ccc(F)c([C@@H](N2CCNCC2)C(C)(C)C)c1.Cl.Cl. The molecule has 5 heteroatoms. The third kappa shape index (κ3) is 5.10. The maximum atomic E-state index is 14.3. The van der Waals surface area contributed by atoms with Gasteiger partial charge in [-0.3, -0.25) is 4.90 Å². The van der Waals surface area contributed by atoms with Gasteiger partial charge in [0.1, 0.15) is 5.82 Å². The number of benzene rings is 1. The van der Waals surface area contributed by atoms with Gasteiger partial charge in [-0.05, 0) is 18.4 Å². The van der Waals surface area contributed by atoms with Gasteiger partial charge >= 0.3 is 0 Å². The number of hydrogen-bond donors (Lipinski definition) is 1. The Kier molecular flexibility index (Phi) is 8.19. The highest BCUT2D eigenvalue weighted by Crippen LogP contribution is 2.39. The van der Waals surface area contributed by atoms with Gasteiger partial charge < -0.3 is 5.32 Å². The lowest BCUT2D eigenvalue weighted by molar-refractivity contribution is 0.0834. The molecule has 0 saturated carbocycles. The Labute approximate surface area is 140 Å². The van der Waals surface area contributed by atoms with Crippen LogP contribution in [0.3, 0.4) is 0 Å². The third-order valence-electron chi connectivity index (χ3n) is 3.78. The van der Waals surface area contributed by atoms with Crippen LogP contribution < -0.4 is 5.32 Å². The number of aryl methyl sites for hydroxylation is 1. The van der Waals surface area contributed by atoms with E-state index in [1.165, 1.54) is 0 Å². The number of piperazine rings is 1. The van der Waals surface area contributed by atoms with Crippen LogP contribution in [0.5, 0.6) is 0 Å². The minimum atomic E-state index is -0.0796. The van der Waals surface area contributed by atoms with Crippen molar-refractivity contribution in [3.63, 3.8) is 0 Å². The van der Waals surface area contributed by atoms with E-state index in [9.17, 15) is 4.39 Å². The van der Waals surface area contributed by atoms with Crippen molar-refractivity contribution in [1.29, 1.82) is 0 Å². The molecule has 1 N–H and O–H groups in total. The van der Waals surface area contributed by atoms with E-state index in [2.05, 4.69) is 31.0 Å². The molecule has 1 aliphatic heterocycles. The lowest BCUT2D eigenvalue weighted by Crippen LogP contribution is -2.48. The highest BCUT2D eigenvalue weighted by molar-refractivity contribution is 5.85. The normalized spacial score (nSPS) is 17.6. The van der Waals surface area contributed by atoms with E-state index in [0.29, 0.717) is 0 Å². The Morgan fingerprint density at radius 3 is 2.24 bits per heavy atom. The molecule has 1 aliphatic rings. The molecule has 0 amide bonds. The fraction of sp³-hybridized carbons (Fsp3) is 0.625. The van der Waals surface area contributed by atoms with Crippen LogP contribution in [0, 0.1) is 18.2 Å². The van der Waals surface area contributed by atoms with Gasteiger partial charge in [-0.25, -0.2) is 4.39 Å². The molecule has 1 saturated heterocycles. The van der Waals surface area contributed by atoms with Gasteiger partial charge in [0.15, 0.2) is 0 Å². The second-order valence-corrected chi connectivity index (χ2v) is 6.58. The standard InChI is InChI=1S/C16H25FN2.2ClH/c1-12-5-6-14(17)13(11-12)15(16(2,3)4)19-9-7-18-8-10-19;;/h5-6,11,15,18H,7-10H2,1-4H3;2*1H/t15-;;/m1../s1. The summed E-state index contributed by atoms with van der Waals surface area (Å²) in [6.45, 7) is 12.6. The van der Waals surface area contributed by atoms with Crippen molar-refractivity contribution in [2.45, 2.75) is 33.7 Å². The molecule has 0 bridgehead atoms. The molecule has 1 atom stereocenters. The van der Waals surface area contributed by atoms with Crippen LogP contribution in [0.4, 0.5) is 4.39 Å². The van der Waals surface area contributed by atoms with E-state index < -0.39 is 0 Å². The van der Waals surface area contributed by atoms with Crippen LogP contribution in [-0.4, -0.2) is 31.1 Å². The van der Waals surface area contributed by atoms with Crippen LogP contribution in [0.15, 0.2) is 18.2 Å². The Morgan fingerprint density at radius 1 is 1.14 bits per heavy atom. The number of rotatable bonds is 2. The van der Waals surface area contributed by atoms with Crippen molar-refractivity contribution in [2.24, 2.45) is 5.41 Å². The largest absolute Gasteiger partial charge is 0.314 e. The molecule has 0 unspecified atom stereocenters. The van der Waals surface area contributed by atoms with Crippen molar-refractivity contribution in [1.82, 2.24) is 10.2 Å². The summed E-state index contributed by atoms with van der Waals surface area (Å²) in [5.41, 5.74) is 1.99. The second kappa shape index (κ2) is 8.33. The predicted octanol–water partition coefficient (Wildman–Crippen LogP) is 3.97. The maximum Gasteiger partial charge on any atom is 0.128 e. The van der Waals surface area contributed by atoms with Gasteiger partial charge in [-0.15, -0.1) is 24.8 Å². The van der Waals surface area contributed by atoms with E-state index in [-0.39, 0.29) is 42.1 Å². The molecule has 1 heterocycles. The van der Waals surface area contributed by atoms with E-state index in [1.807, 2.05) is 19.1 Å². The van der Waals surface area contributed by atoms with Crippen molar-refractivity contribution in [3.05, 3.63) is 35.1 Å². The van der Waals surface area contributed by atoms with Gasteiger partial charge in [0.2, 0.25) is 0 Å². The van der Waals surface area contributed by atoms with Gasteiger partial charge in [-0.2, -0.15) is 0 Å². The first kappa shape index (κ1) is 20.6. The summed E-state index contributed by atoms with van der Waals surface area (Å²) in [4.78, 5) is 2.41.